The summed E-state index contributed by atoms with van der Waals surface area (Å²) < 4.78 is 4.19. The summed E-state index contributed by atoms with van der Waals surface area (Å²) in [6.45, 7) is 1.14. The van der Waals surface area contributed by atoms with Crippen molar-refractivity contribution in [1.29, 1.82) is 10.5 Å². The Morgan fingerprint density at radius 1 is 1.56 bits per heavy atom. The van der Waals surface area contributed by atoms with Gasteiger partial charge in [0.2, 0.25) is 0 Å². The highest BCUT2D eigenvalue weighted by Crippen LogP contribution is 1.86. The first-order valence-corrected chi connectivity index (χ1v) is 2.17. The van der Waals surface area contributed by atoms with Crippen LogP contribution in [0.1, 0.15) is 6.92 Å². The van der Waals surface area contributed by atoms with Crippen LogP contribution < -0.4 is 0 Å². The first-order chi connectivity index (χ1) is 4.20. The quantitative estimate of drug-likeness (QED) is 0.460. The Morgan fingerprint density at radius 2 is 2.00 bits per heavy atom. The molecule has 4 heteroatoms. The van der Waals surface area contributed by atoms with Gasteiger partial charge in [-0.3, -0.25) is 4.79 Å². The predicted molar refractivity (Wildman–Crippen MR) is 26.8 cm³/mol. The van der Waals surface area contributed by atoms with Gasteiger partial charge in [-0.25, -0.2) is 0 Å². The van der Waals surface area contributed by atoms with Crippen LogP contribution in [0.2, 0.25) is 0 Å². The molecule has 0 saturated carbocycles. The molecule has 0 bridgehead atoms. The molecule has 0 fully saturated rings. The highest BCUT2D eigenvalue weighted by molar-refractivity contribution is 5.66. The Bertz CT molecular complexity index is 172. The minimum absolute atomic E-state index is 0.622. The van der Waals surface area contributed by atoms with Crippen molar-refractivity contribution in [2.24, 2.45) is 0 Å². The van der Waals surface area contributed by atoms with E-state index in [4.69, 9.17) is 10.5 Å². The topological polar surface area (TPSA) is 73.9 Å². The normalized spacial score (nSPS) is 7.56. The molecule has 0 aliphatic rings. The van der Waals surface area contributed by atoms with E-state index in [0.29, 0.717) is 0 Å². The van der Waals surface area contributed by atoms with Crippen molar-refractivity contribution in [2.45, 2.75) is 13.0 Å². The van der Waals surface area contributed by atoms with Crippen molar-refractivity contribution in [3.05, 3.63) is 0 Å². The van der Waals surface area contributed by atoms with Gasteiger partial charge >= 0.3 is 5.97 Å². The van der Waals surface area contributed by atoms with Crippen LogP contribution in [0.5, 0.6) is 0 Å². The second-order valence-electron chi connectivity index (χ2n) is 1.25. The van der Waals surface area contributed by atoms with Gasteiger partial charge in [0.1, 0.15) is 12.1 Å². The summed E-state index contributed by atoms with van der Waals surface area (Å²) in [7, 11) is 0. The van der Waals surface area contributed by atoms with Crippen molar-refractivity contribution in [2.75, 3.05) is 0 Å². The molecule has 0 aromatic carbocycles. The SMILES string of the molecule is CC(=O)OC(C#N)C#N. The van der Waals surface area contributed by atoms with Crippen LogP contribution in [-0.2, 0) is 9.53 Å². The second-order valence-corrected chi connectivity index (χ2v) is 1.25. The molecule has 0 aliphatic heterocycles. The maximum absolute atomic E-state index is 10.0. The molecule has 0 atom stereocenters. The molecule has 0 spiro atoms. The van der Waals surface area contributed by atoms with Crippen LogP contribution in [0, 0.1) is 22.7 Å². The van der Waals surface area contributed by atoms with Gasteiger partial charge in [-0.05, 0) is 0 Å². The van der Waals surface area contributed by atoms with Crippen LogP contribution in [-0.4, -0.2) is 12.1 Å². The summed E-state index contributed by atoms with van der Waals surface area (Å²) in [5.74, 6) is -0.622. The first-order valence-electron chi connectivity index (χ1n) is 2.17. The fourth-order valence-corrected chi connectivity index (χ4v) is 0.248. The van der Waals surface area contributed by atoms with E-state index >= 15 is 0 Å². The van der Waals surface area contributed by atoms with Crippen molar-refractivity contribution >= 4 is 5.97 Å². The van der Waals surface area contributed by atoms with E-state index < -0.39 is 12.1 Å². The summed E-state index contributed by atoms with van der Waals surface area (Å²) in [5, 5.41) is 16.1. The number of esters is 1. The molecule has 0 saturated heterocycles. The Kier molecular flexibility index (Phi) is 2.86. The fourth-order valence-electron chi connectivity index (χ4n) is 0.248. The van der Waals surface area contributed by atoms with Gasteiger partial charge in [-0.2, -0.15) is 10.5 Å². The smallest absolute Gasteiger partial charge is 0.304 e. The lowest BCUT2D eigenvalue weighted by molar-refractivity contribution is -0.141. The molecule has 0 aromatic rings. The number of nitrogens with zero attached hydrogens (tertiary/aromatic N) is 2. The lowest BCUT2D eigenvalue weighted by atomic mass is 10.4. The zero-order chi connectivity index (χ0) is 7.28. The third kappa shape index (κ3) is 3.07. The standard InChI is InChI=1S/C5H4N2O2/c1-4(8)9-5(2-6)3-7/h5H,1H3. The largest absolute Gasteiger partial charge is 0.433 e. The van der Waals surface area contributed by atoms with Crippen molar-refractivity contribution in [1.82, 2.24) is 0 Å². The van der Waals surface area contributed by atoms with Gasteiger partial charge in [0.05, 0.1) is 0 Å². The van der Waals surface area contributed by atoms with E-state index in [1.165, 1.54) is 12.1 Å². The maximum Gasteiger partial charge on any atom is 0.304 e. The monoisotopic (exact) mass is 124 g/mol. The van der Waals surface area contributed by atoms with Crippen LogP contribution in [0.4, 0.5) is 0 Å². The summed E-state index contributed by atoms with van der Waals surface area (Å²) in [5.41, 5.74) is 0. The molecule has 0 amide bonds. The van der Waals surface area contributed by atoms with E-state index in [9.17, 15) is 4.79 Å². The van der Waals surface area contributed by atoms with Crippen molar-refractivity contribution < 1.29 is 9.53 Å². The average Bonchev–Trinajstić information content (AvgIpc) is 1.82. The third-order valence-corrected chi connectivity index (χ3v) is 0.518. The predicted octanol–water partition coefficient (Wildman–Crippen LogP) is -0.0347. The number of nitriles is 2. The van der Waals surface area contributed by atoms with E-state index in [2.05, 4.69) is 4.74 Å². The molecule has 0 unspecified atom stereocenters. The lowest BCUT2D eigenvalue weighted by Gasteiger charge is -1.96. The van der Waals surface area contributed by atoms with Crippen LogP contribution in [0.25, 0.3) is 0 Å². The van der Waals surface area contributed by atoms with Crippen molar-refractivity contribution in [3.8, 4) is 12.1 Å². The Hall–Kier alpha value is -1.55. The highest BCUT2D eigenvalue weighted by Gasteiger charge is 2.06. The summed E-state index contributed by atoms with van der Waals surface area (Å²) in [4.78, 5) is 10.0. The first kappa shape index (κ1) is 7.45. The number of carbonyl (C=O) groups excluding carboxylic acids is 1. The van der Waals surface area contributed by atoms with Crippen molar-refractivity contribution in [3.63, 3.8) is 0 Å². The van der Waals surface area contributed by atoms with Gasteiger partial charge in [0.25, 0.3) is 6.10 Å². The van der Waals surface area contributed by atoms with E-state index in [0.717, 1.165) is 6.92 Å². The number of carbonyl (C=O) groups is 1. The Balaban J connectivity index is 3.78. The zero-order valence-corrected chi connectivity index (χ0v) is 4.79. The molecule has 0 aromatic heterocycles. The number of hydrogen-bond acceptors (Lipinski definition) is 4. The van der Waals surface area contributed by atoms with Crippen LogP contribution in [0.15, 0.2) is 0 Å². The Labute approximate surface area is 52.3 Å². The molecule has 0 N–H and O–H groups in total. The van der Waals surface area contributed by atoms with Crippen LogP contribution >= 0.6 is 0 Å². The lowest BCUT2D eigenvalue weighted by Crippen LogP contribution is -2.10. The summed E-state index contributed by atoms with van der Waals surface area (Å²) in [6.07, 6.45) is -1.26. The number of hydrogen-bond donors (Lipinski definition) is 0. The molecular weight excluding hydrogens is 120 g/mol. The minimum Gasteiger partial charge on any atom is -0.433 e. The van der Waals surface area contributed by atoms with Gasteiger partial charge in [-0.1, -0.05) is 0 Å². The number of rotatable bonds is 1. The van der Waals surface area contributed by atoms with Gasteiger partial charge in [0, 0.05) is 6.92 Å². The highest BCUT2D eigenvalue weighted by atomic mass is 16.5. The molecule has 0 heterocycles. The third-order valence-electron chi connectivity index (χ3n) is 0.518. The molecule has 0 aliphatic carbocycles. The van der Waals surface area contributed by atoms with E-state index in [1.54, 1.807) is 0 Å². The number of ether oxygens (including phenoxy) is 1. The van der Waals surface area contributed by atoms with Gasteiger partial charge in [-0.15, -0.1) is 0 Å². The van der Waals surface area contributed by atoms with Gasteiger partial charge in [0.15, 0.2) is 0 Å². The molecule has 46 valence electrons. The average molecular weight is 124 g/mol. The molecule has 0 rings (SSSR count). The van der Waals surface area contributed by atoms with Gasteiger partial charge < -0.3 is 4.74 Å². The minimum atomic E-state index is -1.26. The van der Waals surface area contributed by atoms with E-state index in [1.807, 2.05) is 0 Å². The molecule has 0 radical (unpaired) electrons. The second kappa shape index (κ2) is 3.45. The van der Waals surface area contributed by atoms with Crippen LogP contribution in [0.3, 0.4) is 0 Å². The fraction of sp³-hybridized carbons (Fsp3) is 0.400. The molecule has 9 heavy (non-hydrogen) atoms. The molecular formula is C5H4N2O2. The van der Waals surface area contributed by atoms with E-state index in [-0.39, 0.29) is 0 Å². The zero-order valence-electron chi connectivity index (χ0n) is 4.79. The Morgan fingerprint density at radius 3 is 2.11 bits per heavy atom. The molecule has 4 nitrogen and oxygen atoms in total. The summed E-state index contributed by atoms with van der Waals surface area (Å²) >= 11 is 0. The summed E-state index contributed by atoms with van der Waals surface area (Å²) in [6, 6.07) is 2.96. The maximum atomic E-state index is 10.0.